The molecule has 1 aromatic carbocycles. The Hall–Kier alpha value is -2.43. The second kappa shape index (κ2) is 6.77. The van der Waals surface area contributed by atoms with Gasteiger partial charge >= 0.3 is 5.97 Å². The molecule has 23 heavy (non-hydrogen) atoms. The smallest absolute Gasteiger partial charge is 0.306 e. The van der Waals surface area contributed by atoms with Crippen LogP contribution < -0.4 is 5.32 Å². The molecule has 1 aliphatic rings. The Kier molecular flexibility index (Phi) is 4.55. The summed E-state index contributed by atoms with van der Waals surface area (Å²) in [6.07, 6.45) is 2.46. The number of fused-ring (bicyclic) bond motifs is 1. The number of carboxylic acid groups (broad SMARTS) is 1. The normalized spacial score (nSPS) is 21.0. The van der Waals surface area contributed by atoms with Gasteiger partial charge in [-0.25, -0.2) is 0 Å². The molecule has 0 radical (unpaired) electrons. The standard InChI is InChI=1S/C18H20N2O3/c21-17(13-5-7-14(8-6-13)18(22)23)19-11-15-10-9-12-3-1-2-4-16(12)20-15/h1-4,9-10,13-14H,5-8,11H2,(H,19,21)(H,22,23). The fourth-order valence-corrected chi connectivity index (χ4v) is 3.13. The van der Waals surface area contributed by atoms with Gasteiger partial charge in [-0.3, -0.25) is 14.6 Å². The maximum Gasteiger partial charge on any atom is 0.306 e. The van der Waals surface area contributed by atoms with Crippen molar-refractivity contribution in [3.63, 3.8) is 0 Å². The molecule has 1 amide bonds. The lowest BCUT2D eigenvalue weighted by Gasteiger charge is -2.25. The van der Waals surface area contributed by atoms with E-state index in [0.717, 1.165) is 16.6 Å². The fraction of sp³-hybridized carbons (Fsp3) is 0.389. The number of nitrogens with zero attached hydrogens (tertiary/aromatic N) is 1. The van der Waals surface area contributed by atoms with Gasteiger partial charge in [0.2, 0.25) is 5.91 Å². The van der Waals surface area contributed by atoms with E-state index in [1.54, 1.807) is 0 Å². The summed E-state index contributed by atoms with van der Waals surface area (Å²) in [6.45, 7) is 0.405. The van der Waals surface area contributed by atoms with Crippen molar-refractivity contribution >= 4 is 22.8 Å². The highest BCUT2D eigenvalue weighted by molar-refractivity contribution is 5.80. The largest absolute Gasteiger partial charge is 0.481 e. The summed E-state index contributed by atoms with van der Waals surface area (Å²) in [6, 6.07) is 11.8. The predicted molar refractivity (Wildman–Crippen MR) is 86.7 cm³/mol. The van der Waals surface area contributed by atoms with E-state index < -0.39 is 5.97 Å². The number of pyridine rings is 1. The average Bonchev–Trinajstić information content (AvgIpc) is 2.59. The minimum atomic E-state index is -0.746. The van der Waals surface area contributed by atoms with Gasteiger partial charge in [0.05, 0.1) is 23.7 Å². The third kappa shape index (κ3) is 3.67. The van der Waals surface area contributed by atoms with Crippen LogP contribution in [0.25, 0.3) is 10.9 Å². The Morgan fingerprint density at radius 2 is 1.74 bits per heavy atom. The molecule has 3 rings (SSSR count). The van der Waals surface area contributed by atoms with Crippen molar-refractivity contribution in [3.8, 4) is 0 Å². The zero-order chi connectivity index (χ0) is 16.2. The van der Waals surface area contributed by atoms with E-state index in [1.807, 2.05) is 36.4 Å². The first-order valence-corrected chi connectivity index (χ1v) is 7.98. The van der Waals surface area contributed by atoms with Gasteiger partial charge in [0.1, 0.15) is 0 Å². The van der Waals surface area contributed by atoms with Crippen molar-refractivity contribution in [2.75, 3.05) is 0 Å². The van der Waals surface area contributed by atoms with E-state index in [9.17, 15) is 9.59 Å². The third-order valence-corrected chi connectivity index (χ3v) is 4.55. The molecular weight excluding hydrogens is 292 g/mol. The number of carbonyl (C=O) groups is 2. The number of para-hydroxylation sites is 1. The van der Waals surface area contributed by atoms with Gasteiger partial charge in [-0.1, -0.05) is 24.3 Å². The van der Waals surface area contributed by atoms with E-state index in [-0.39, 0.29) is 17.7 Å². The number of carbonyl (C=O) groups excluding carboxylic acids is 1. The molecule has 2 N–H and O–H groups in total. The summed E-state index contributed by atoms with van der Waals surface area (Å²) in [7, 11) is 0. The van der Waals surface area contributed by atoms with Crippen LogP contribution in [0.1, 0.15) is 31.4 Å². The molecule has 1 fully saturated rings. The molecule has 5 nitrogen and oxygen atoms in total. The number of nitrogens with one attached hydrogen (secondary N) is 1. The summed E-state index contributed by atoms with van der Waals surface area (Å²) in [4.78, 5) is 27.7. The summed E-state index contributed by atoms with van der Waals surface area (Å²) < 4.78 is 0. The summed E-state index contributed by atoms with van der Waals surface area (Å²) in [5.74, 6) is -1.11. The highest BCUT2D eigenvalue weighted by atomic mass is 16.4. The van der Waals surface area contributed by atoms with Crippen molar-refractivity contribution in [2.24, 2.45) is 11.8 Å². The lowest BCUT2D eigenvalue weighted by atomic mass is 9.81. The predicted octanol–water partition coefficient (Wildman–Crippen LogP) is 2.74. The zero-order valence-electron chi connectivity index (χ0n) is 12.9. The van der Waals surface area contributed by atoms with Crippen LogP contribution in [-0.2, 0) is 16.1 Å². The average molecular weight is 312 g/mol. The molecule has 1 saturated carbocycles. The Balaban J connectivity index is 1.55. The van der Waals surface area contributed by atoms with Gasteiger partial charge in [0, 0.05) is 11.3 Å². The molecule has 0 bridgehead atoms. The van der Waals surface area contributed by atoms with Crippen molar-refractivity contribution < 1.29 is 14.7 Å². The highest BCUT2D eigenvalue weighted by Gasteiger charge is 2.29. The highest BCUT2D eigenvalue weighted by Crippen LogP contribution is 2.29. The van der Waals surface area contributed by atoms with Crippen molar-refractivity contribution in [1.82, 2.24) is 10.3 Å². The number of aromatic nitrogens is 1. The maximum absolute atomic E-state index is 12.2. The minimum Gasteiger partial charge on any atom is -0.481 e. The van der Waals surface area contributed by atoms with E-state index >= 15 is 0 Å². The number of carboxylic acids is 1. The van der Waals surface area contributed by atoms with Crippen molar-refractivity contribution in [3.05, 3.63) is 42.1 Å². The molecule has 0 saturated heterocycles. The molecule has 1 heterocycles. The first-order chi connectivity index (χ1) is 11.1. The van der Waals surface area contributed by atoms with Gasteiger partial charge in [-0.2, -0.15) is 0 Å². The number of rotatable bonds is 4. The third-order valence-electron chi connectivity index (χ3n) is 4.55. The fourth-order valence-electron chi connectivity index (χ4n) is 3.13. The number of amides is 1. The van der Waals surface area contributed by atoms with Gasteiger partial charge in [-0.15, -0.1) is 0 Å². The number of benzene rings is 1. The molecule has 1 aromatic heterocycles. The summed E-state index contributed by atoms with van der Waals surface area (Å²) in [5, 5.41) is 13.0. The van der Waals surface area contributed by atoms with E-state index in [0.29, 0.717) is 32.2 Å². The second-order valence-corrected chi connectivity index (χ2v) is 6.10. The first kappa shape index (κ1) is 15.5. The van der Waals surface area contributed by atoms with Crippen molar-refractivity contribution in [2.45, 2.75) is 32.2 Å². The first-order valence-electron chi connectivity index (χ1n) is 7.98. The van der Waals surface area contributed by atoms with Crippen LogP contribution in [0.15, 0.2) is 36.4 Å². The van der Waals surface area contributed by atoms with Crippen LogP contribution in [0.5, 0.6) is 0 Å². The molecule has 0 unspecified atom stereocenters. The Bertz CT molecular complexity index is 721. The quantitative estimate of drug-likeness (QED) is 0.910. The Morgan fingerprint density at radius 1 is 1.04 bits per heavy atom. The topological polar surface area (TPSA) is 79.3 Å². The van der Waals surface area contributed by atoms with Crippen LogP contribution >= 0.6 is 0 Å². The lowest BCUT2D eigenvalue weighted by Crippen LogP contribution is -2.34. The molecule has 1 aliphatic carbocycles. The Labute approximate surface area is 134 Å². The Morgan fingerprint density at radius 3 is 2.48 bits per heavy atom. The van der Waals surface area contributed by atoms with Gasteiger partial charge in [-0.05, 0) is 37.8 Å². The summed E-state index contributed by atoms with van der Waals surface area (Å²) >= 11 is 0. The number of aliphatic carboxylic acids is 1. The molecule has 120 valence electrons. The van der Waals surface area contributed by atoms with E-state index in [4.69, 9.17) is 5.11 Å². The number of hydrogen-bond acceptors (Lipinski definition) is 3. The van der Waals surface area contributed by atoms with Crippen LogP contribution in [0.2, 0.25) is 0 Å². The van der Waals surface area contributed by atoms with Gasteiger partial charge in [0.25, 0.3) is 0 Å². The van der Waals surface area contributed by atoms with Crippen LogP contribution in [0.3, 0.4) is 0 Å². The molecular formula is C18H20N2O3. The van der Waals surface area contributed by atoms with Gasteiger partial charge in [0.15, 0.2) is 0 Å². The van der Waals surface area contributed by atoms with Crippen LogP contribution in [-0.4, -0.2) is 22.0 Å². The van der Waals surface area contributed by atoms with E-state index in [2.05, 4.69) is 10.3 Å². The van der Waals surface area contributed by atoms with Crippen LogP contribution in [0, 0.1) is 11.8 Å². The maximum atomic E-state index is 12.2. The molecule has 5 heteroatoms. The lowest BCUT2D eigenvalue weighted by molar-refractivity contribution is -0.144. The summed E-state index contributed by atoms with van der Waals surface area (Å²) in [5.41, 5.74) is 1.75. The zero-order valence-corrected chi connectivity index (χ0v) is 12.9. The van der Waals surface area contributed by atoms with Crippen molar-refractivity contribution in [1.29, 1.82) is 0 Å². The minimum absolute atomic E-state index is 0.00352. The number of hydrogen-bond donors (Lipinski definition) is 2. The van der Waals surface area contributed by atoms with Gasteiger partial charge < -0.3 is 10.4 Å². The molecule has 2 aromatic rings. The monoisotopic (exact) mass is 312 g/mol. The van der Waals surface area contributed by atoms with Crippen LogP contribution in [0.4, 0.5) is 0 Å². The van der Waals surface area contributed by atoms with E-state index in [1.165, 1.54) is 0 Å². The molecule has 0 atom stereocenters. The SMILES string of the molecule is O=C(O)C1CCC(C(=O)NCc2ccc3ccccc3n2)CC1. The molecule has 0 spiro atoms. The molecule has 0 aliphatic heterocycles. The second-order valence-electron chi connectivity index (χ2n) is 6.10.